The van der Waals surface area contributed by atoms with Crippen LogP contribution in [0.5, 0.6) is 0 Å². The average Bonchev–Trinajstić information content (AvgIpc) is 2.73. The van der Waals surface area contributed by atoms with Gasteiger partial charge in [-0.2, -0.15) is 11.8 Å². The van der Waals surface area contributed by atoms with Crippen molar-refractivity contribution >= 4 is 28.1 Å². The van der Waals surface area contributed by atoms with E-state index >= 15 is 0 Å². The number of nitrogens with one attached hydrogen (secondary N) is 1. The molecule has 1 rings (SSSR count). The van der Waals surface area contributed by atoms with Crippen LogP contribution in [0.15, 0.2) is 11.4 Å². The largest absolute Gasteiger partial charge is 0.324 e. The van der Waals surface area contributed by atoms with Gasteiger partial charge in [-0.15, -0.1) is 0 Å². The second kappa shape index (κ2) is 6.88. The van der Waals surface area contributed by atoms with Crippen LogP contribution in [-0.2, 0) is 6.54 Å². The first-order valence-electron chi connectivity index (χ1n) is 5.11. The highest BCUT2D eigenvalue weighted by atomic mass is 32.2. The molecule has 4 nitrogen and oxygen atoms in total. The fourth-order valence-electron chi connectivity index (χ4n) is 1.34. The molecule has 90 valence electrons. The second-order valence-corrected chi connectivity index (χ2v) is 5.29. The van der Waals surface area contributed by atoms with Crippen molar-refractivity contribution < 1.29 is 4.92 Å². The smallest absolute Gasteiger partial charge is 0.309 e. The highest BCUT2D eigenvalue weighted by Gasteiger charge is 2.10. The van der Waals surface area contributed by atoms with E-state index in [1.807, 2.05) is 17.1 Å². The SMILES string of the molecule is CCC(CSC)NCc1csc([N+](=O)[O-])c1. The molecule has 0 spiro atoms. The number of rotatable bonds is 7. The van der Waals surface area contributed by atoms with Crippen LogP contribution in [0.2, 0.25) is 0 Å². The molecule has 0 aliphatic heterocycles. The molecule has 1 N–H and O–H groups in total. The molecule has 6 heteroatoms. The summed E-state index contributed by atoms with van der Waals surface area (Å²) in [6.45, 7) is 2.85. The monoisotopic (exact) mass is 260 g/mol. The first kappa shape index (κ1) is 13.5. The summed E-state index contributed by atoms with van der Waals surface area (Å²) in [4.78, 5) is 10.2. The lowest BCUT2D eigenvalue weighted by Crippen LogP contribution is -2.29. The summed E-state index contributed by atoms with van der Waals surface area (Å²) < 4.78 is 0. The molecule has 0 radical (unpaired) electrons. The first-order valence-corrected chi connectivity index (χ1v) is 7.38. The number of nitrogens with zero attached hydrogens (tertiary/aromatic N) is 1. The van der Waals surface area contributed by atoms with E-state index in [9.17, 15) is 10.1 Å². The number of hydrogen-bond acceptors (Lipinski definition) is 5. The van der Waals surface area contributed by atoms with Crippen molar-refractivity contribution in [3.05, 3.63) is 27.1 Å². The molecule has 0 saturated carbocycles. The summed E-state index contributed by atoms with van der Waals surface area (Å²) in [5.74, 6) is 1.07. The van der Waals surface area contributed by atoms with Crippen molar-refractivity contribution in [2.24, 2.45) is 0 Å². The fourth-order valence-corrected chi connectivity index (χ4v) is 2.82. The molecule has 1 atom stereocenters. The van der Waals surface area contributed by atoms with Gasteiger partial charge in [0.1, 0.15) is 0 Å². The fraction of sp³-hybridized carbons (Fsp3) is 0.600. The number of hydrogen-bond donors (Lipinski definition) is 1. The predicted octanol–water partition coefficient (Wildman–Crippen LogP) is 2.89. The molecule has 0 fully saturated rings. The van der Waals surface area contributed by atoms with Crippen LogP contribution in [0, 0.1) is 10.1 Å². The van der Waals surface area contributed by atoms with Gasteiger partial charge >= 0.3 is 5.00 Å². The van der Waals surface area contributed by atoms with E-state index < -0.39 is 0 Å². The summed E-state index contributed by atoms with van der Waals surface area (Å²) in [7, 11) is 0. The minimum Gasteiger partial charge on any atom is -0.309 e. The highest BCUT2D eigenvalue weighted by Crippen LogP contribution is 2.22. The summed E-state index contributed by atoms with van der Waals surface area (Å²) in [5.41, 5.74) is 0.997. The van der Waals surface area contributed by atoms with Crippen molar-refractivity contribution in [2.45, 2.75) is 25.9 Å². The van der Waals surface area contributed by atoms with E-state index in [1.54, 1.807) is 6.07 Å². The summed E-state index contributed by atoms with van der Waals surface area (Å²) in [6, 6.07) is 2.12. The van der Waals surface area contributed by atoms with Crippen LogP contribution in [0.4, 0.5) is 5.00 Å². The van der Waals surface area contributed by atoms with Crippen molar-refractivity contribution in [3.8, 4) is 0 Å². The van der Waals surface area contributed by atoms with Crippen LogP contribution in [-0.4, -0.2) is 23.0 Å². The maximum Gasteiger partial charge on any atom is 0.324 e. The third-order valence-corrected chi connectivity index (χ3v) is 3.94. The lowest BCUT2D eigenvalue weighted by atomic mass is 10.2. The molecule has 16 heavy (non-hydrogen) atoms. The quantitative estimate of drug-likeness (QED) is 0.605. The molecule has 1 heterocycles. The second-order valence-electron chi connectivity index (χ2n) is 3.49. The van der Waals surface area contributed by atoms with Crippen LogP contribution in [0.1, 0.15) is 18.9 Å². The summed E-state index contributed by atoms with van der Waals surface area (Å²) >= 11 is 3.00. The van der Waals surface area contributed by atoms with Gasteiger partial charge in [0.25, 0.3) is 0 Å². The number of nitro groups is 1. The number of thioether (sulfide) groups is 1. The molecule has 0 bridgehead atoms. The Labute approximate surface area is 104 Å². The van der Waals surface area contributed by atoms with E-state index in [4.69, 9.17) is 0 Å². The molecule has 1 aromatic rings. The van der Waals surface area contributed by atoms with Gasteiger partial charge in [-0.1, -0.05) is 18.3 Å². The van der Waals surface area contributed by atoms with Gasteiger partial charge < -0.3 is 5.32 Å². The van der Waals surface area contributed by atoms with Gasteiger partial charge in [0, 0.05) is 29.8 Å². The van der Waals surface area contributed by atoms with Gasteiger partial charge in [0.2, 0.25) is 0 Å². The zero-order valence-electron chi connectivity index (χ0n) is 9.43. The topological polar surface area (TPSA) is 55.2 Å². The predicted molar refractivity (Wildman–Crippen MR) is 70.3 cm³/mol. The molecular weight excluding hydrogens is 244 g/mol. The van der Waals surface area contributed by atoms with Gasteiger partial charge in [-0.25, -0.2) is 0 Å². The molecule has 0 amide bonds. The van der Waals surface area contributed by atoms with E-state index in [2.05, 4.69) is 18.5 Å². The summed E-state index contributed by atoms with van der Waals surface area (Å²) in [5, 5.41) is 16.0. The minimum absolute atomic E-state index is 0.217. The normalized spacial score (nSPS) is 12.6. The third kappa shape index (κ3) is 4.11. The molecule has 0 aromatic carbocycles. The average molecular weight is 260 g/mol. The Balaban J connectivity index is 2.44. The highest BCUT2D eigenvalue weighted by molar-refractivity contribution is 7.98. The van der Waals surface area contributed by atoms with Crippen molar-refractivity contribution in [1.82, 2.24) is 5.32 Å². The van der Waals surface area contributed by atoms with Crippen LogP contribution < -0.4 is 5.32 Å². The van der Waals surface area contributed by atoms with Crippen LogP contribution in [0.3, 0.4) is 0 Å². The van der Waals surface area contributed by atoms with Crippen LogP contribution in [0.25, 0.3) is 0 Å². The molecule has 0 saturated heterocycles. The minimum atomic E-state index is -0.340. The Bertz CT molecular complexity index is 341. The summed E-state index contributed by atoms with van der Waals surface area (Å²) in [6.07, 6.45) is 3.16. The Morgan fingerprint density at radius 3 is 2.94 bits per heavy atom. The maximum absolute atomic E-state index is 10.5. The maximum atomic E-state index is 10.5. The zero-order valence-corrected chi connectivity index (χ0v) is 11.1. The standard InChI is InChI=1S/C10H16N2O2S2/c1-3-9(7-15-2)11-5-8-4-10(12(13)14)16-6-8/h4,6,9,11H,3,5,7H2,1-2H3. The number of thiophene rings is 1. The van der Waals surface area contributed by atoms with Crippen LogP contribution >= 0.6 is 23.1 Å². The Kier molecular flexibility index (Phi) is 5.79. The third-order valence-electron chi connectivity index (χ3n) is 2.28. The Morgan fingerprint density at radius 2 is 2.44 bits per heavy atom. The molecule has 1 unspecified atom stereocenters. The lowest BCUT2D eigenvalue weighted by molar-refractivity contribution is -0.380. The molecule has 1 aromatic heterocycles. The van der Waals surface area contributed by atoms with Gasteiger partial charge in [-0.05, 0) is 18.2 Å². The van der Waals surface area contributed by atoms with Gasteiger partial charge in [0.15, 0.2) is 0 Å². The lowest BCUT2D eigenvalue weighted by Gasteiger charge is -2.14. The first-order chi connectivity index (χ1) is 7.67. The molecule has 0 aliphatic rings. The van der Waals surface area contributed by atoms with E-state index in [-0.39, 0.29) is 9.92 Å². The van der Waals surface area contributed by atoms with Gasteiger partial charge in [-0.3, -0.25) is 10.1 Å². The molecular formula is C10H16N2O2S2. The zero-order chi connectivity index (χ0) is 12.0. The van der Waals surface area contributed by atoms with Gasteiger partial charge in [0.05, 0.1) is 4.92 Å². The van der Waals surface area contributed by atoms with Crippen molar-refractivity contribution in [2.75, 3.05) is 12.0 Å². The van der Waals surface area contributed by atoms with E-state index in [1.165, 1.54) is 11.3 Å². The molecule has 0 aliphatic carbocycles. The Hall–Kier alpha value is -0.590. The Morgan fingerprint density at radius 1 is 1.69 bits per heavy atom. The van der Waals surface area contributed by atoms with E-state index in [0.717, 1.165) is 17.7 Å². The van der Waals surface area contributed by atoms with Crippen molar-refractivity contribution in [3.63, 3.8) is 0 Å². The van der Waals surface area contributed by atoms with E-state index in [0.29, 0.717) is 12.6 Å². The van der Waals surface area contributed by atoms with Crippen molar-refractivity contribution in [1.29, 1.82) is 0 Å².